The van der Waals surface area contributed by atoms with E-state index in [2.05, 4.69) is 16.4 Å². The van der Waals surface area contributed by atoms with Crippen molar-refractivity contribution in [1.82, 2.24) is 5.32 Å². The Balaban J connectivity index is 1.43. The summed E-state index contributed by atoms with van der Waals surface area (Å²) < 4.78 is 19.5. The maximum atomic E-state index is 13.8. The quantitative estimate of drug-likeness (QED) is 0.568. The van der Waals surface area contributed by atoms with Crippen LogP contribution in [-0.2, 0) is 11.4 Å². The number of thioether (sulfide) groups is 1. The molecule has 1 aliphatic heterocycles. The van der Waals surface area contributed by atoms with E-state index in [0.29, 0.717) is 21.4 Å². The zero-order valence-electron chi connectivity index (χ0n) is 16.2. The second-order valence-electron chi connectivity index (χ2n) is 6.56. The van der Waals surface area contributed by atoms with E-state index in [1.807, 2.05) is 30.3 Å². The lowest BCUT2D eigenvalue weighted by Crippen LogP contribution is -2.19. The predicted molar refractivity (Wildman–Crippen MR) is 119 cm³/mol. The summed E-state index contributed by atoms with van der Waals surface area (Å²) >= 11 is 1.15. The highest BCUT2D eigenvalue weighted by Gasteiger charge is 2.24. The molecule has 0 saturated carbocycles. The van der Waals surface area contributed by atoms with Crippen LogP contribution in [-0.4, -0.2) is 11.1 Å². The Morgan fingerprint density at radius 2 is 1.81 bits per heavy atom. The van der Waals surface area contributed by atoms with Gasteiger partial charge in [-0.2, -0.15) is 5.26 Å². The average molecular weight is 429 g/mol. The van der Waals surface area contributed by atoms with Gasteiger partial charge in [0.2, 0.25) is 0 Å². The van der Waals surface area contributed by atoms with Gasteiger partial charge >= 0.3 is 0 Å². The molecule has 31 heavy (non-hydrogen) atoms. The van der Waals surface area contributed by atoms with Crippen LogP contribution in [0.15, 0.2) is 82.7 Å². The van der Waals surface area contributed by atoms with Gasteiger partial charge in [-0.3, -0.25) is 4.79 Å². The SMILES string of the molecule is N#Cc1ccccc1COc1ccc(/C=C2\SC(=Nc3ccccc3F)NC2=O)cc1. The zero-order valence-corrected chi connectivity index (χ0v) is 17.0. The number of ether oxygens (including phenoxy) is 1. The predicted octanol–water partition coefficient (Wildman–Crippen LogP) is 5.17. The van der Waals surface area contributed by atoms with Crippen molar-refractivity contribution in [3.05, 3.63) is 100 Å². The van der Waals surface area contributed by atoms with Crippen LogP contribution in [0.1, 0.15) is 16.7 Å². The molecule has 3 aromatic carbocycles. The molecular weight excluding hydrogens is 413 g/mol. The van der Waals surface area contributed by atoms with Crippen LogP contribution in [0.4, 0.5) is 10.1 Å². The molecule has 3 aromatic rings. The standard InChI is InChI=1S/C24H16FN3O2S/c25-20-7-3-4-8-21(20)27-24-28-23(29)22(31-24)13-16-9-11-19(12-10-16)30-15-18-6-2-1-5-17(18)14-26/h1-13H,15H2,(H,27,28,29)/b22-13-. The number of nitrogens with zero attached hydrogens (tertiary/aromatic N) is 2. The maximum absolute atomic E-state index is 13.8. The van der Waals surface area contributed by atoms with Crippen molar-refractivity contribution in [3.63, 3.8) is 0 Å². The van der Waals surface area contributed by atoms with Gasteiger partial charge in [0.15, 0.2) is 5.17 Å². The van der Waals surface area contributed by atoms with Crippen LogP contribution < -0.4 is 10.1 Å². The number of para-hydroxylation sites is 1. The Morgan fingerprint density at radius 1 is 1.06 bits per heavy atom. The summed E-state index contributed by atoms with van der Waals surface area (Å²) in [6.45, 7) is 0.290. The normalized spacial score (nSPS) is 15.7. The number of benzene rings is 3. The van der Waals surface area contributed by atoms with E-state index < -0.39 is 5.82 Å². The molecule has 0 aromatic heterocycles. The Labute approximate surface area is 182 Å². The lowest BCUT2D eigenvalue weighted by Gasteiger charge is -2.07. The Bertz CT molecular complexity index is 1230. The second-order valence-corrected chi connectivity index (χ2v) is 7.59. The molecule has 0 unspecified atom stereocenters. The minimum absolute atomic E-state index is 0.172. The number of rotatable bonds is 5. The number of halogens is 1. The number of carbonyl (C=O) groups is 1. The lowest BCUT2D eigenvalue weighted by molar-refractivity contribution is -0.115. The van der Waals surface area contributed by atoms with E-state index in [1.54, 1.807) is 42.5 Å². The van der Waals surface area contributed by atoms with E-state index in [1.165, 1.54) is 6.07 Å². The first kappa shape index (κ1) is 20.4. The maximum Gasteiger partial charge on any atom is 0.264 e. The zero-order chi connectivity index (χ0) is 21.6. The summed E-state index contributed by atoms with van der Waals surface area (Å²) in [6, 6.07) is 22.8. The summed E-state index contributed by atoms with van der Waals surface area (Å²) in [4.78, 5) is 16.9. The number of amidine groups is 1. The van der Waals surface area contributed by atoms with Gasteiger partial charge in [0.1, 0.15) is 23.9 Å². The van der Waals surface area contributed by atoms with Crippen LogP contribution in [0, 0.1) is 17.1 Å². The molecule has 152 valence electrons. The summed E-state index contributed by atoms with van der Waals surface area (Å²) in [6.07, 6.45) is 1.73. The summed E-state index contributed by atoms with van der Waals surface area (Å²) in [5.74, 6) is -0.0796. The van der Waals surface area contributed by atoms with Crippen molar-refractivity contribution in [2.24, 2.45) is 4.99 Å². The molecule has 4 rings (SSSR count). The molecular formula is C24H16FN3O2S. The van der Waals surface area contributed by atoms with Crippen molar-refractivity contribution in [1.29, 1.82) is 5.26 Å². The highest BCUT2D eigenvalue weighted by Crippen LogP contribution is 2.29. The number of aliphatic imine (C=N–C) groups is 1. The molecule has 5 nitrogen and oxygen atoms in total. The van der Waals surface area contributed by atoms with Crippen molar-refractivity contribution in [2.45, 2.75) is 6.61 Å². The molecule has 0 bridgehead atoms. The fourth-order valence-electron chi connectivity index (χ4n) is 2.86. The molecule has 1 heterocycles. The smallest absolute Gasteiger partial charge is 0.264 e. The molecule has 0 radical (unpaired) electrons. The first-order valence-corrected chi connectivity index (χ1v) is 10.2. The minimum Gasteiger partial charge on any atom is -0.489 e. The molecule has 1 saturated heterocycles. The molecule has 1 fully saturated rings. The average Bonchev–Trinajstić information content (AvgIpc) is 3.13. The summed E-state index contributed by atoms with van der Waals surface area (Å²) in [7, 11) is 0. The number of amides is 1. The molecule has 1 N–H and O–H groups in total. The van der Waals surface area contributed by atoms with E-state index in [9.17, 15) is 9.18 Å². The molecule has 0 spiro atoms. The van der Waals surface area contributed by atoms with E-state index in [-0.39, 0.29) is 18.2 Å². The van der Waals surface area contributed by atoms with Gasteiger partial charge in [-0.1, -0.05) is 42.5 Å². The van der Waals surface area contributed by atoms with Crippen LogP contribution in [0.5, 0.6) is 5.75 Å². The van der Waals surface area contributed by atoms with Crippen LogP contribution in [0.2, 0.25) is 0 Å². The largest absolute Gasteiger partial charge is 0.489 e. The van der Waals surface area contributed by atoms with Gasteiger partial charge in [0.25, 0.3) is 5.91 Å². The first-order chi connectivity index (χ1) is 15.1. The number of nitrogens with one attached hydrogen (secondary N) is 1. The van der Waals surface area contributed by atoms with Crippen molar-refractivity contribution in [2.75, 3.05) is 0 Å². The summed E-state index contributed by atoms with van der Waals surface area (Å²) in [5.41, 5.74) is 2.39. The number of hydrogen-bond donors (Lipinski definition) is 1. The van der Waals surface area contributed by atoms with Crippen molar-refractivity contribution in [3.8, 4) is 11.8 Å². The number of hydrogen-bond acceptors (Lipinski definition) is 5. The number of carbonyl (C=O) groups excluding carboxylic acids is 1. The second kappa shape index (κ2) is 9.28. The molecule has 1 aliphatic rings. The van der Waals surface area contributed by atoms with E-state index in [0.717, 1.165) is 22.9 Å². The summed E-state index contributed by atoms with van der Waals surface area (Å²) in [5, 5.41) is 12.1. The molecule has 7 heteroatoms. The van der Waals surface area contributed by atoms with Gasteiger partial charge in [-0.05, 0) is 53.7 Å². The highest BCUT2D eigenvalue weighted by molar-refractivity contribution is 8.18. The van der Waals surface area contributed by atoms with Gasteiger partial charge < -0.3 is 10.1 Å². The molecule has 0 aliphatic carbocycles. The van der Waals surface area contributed by atoms with Gasteiger partial charge in [-0.25, -0.2) is 9.38 Å². The third-order valence-corrected chi connectivity index (χ3v) is 5.35. The number of nitriles is 1. The monoisotopic (exact) mass is 429 g/mol. The van der Waals surface area contributed by atoms with Crippen LogP contribution in [0.3, 0.4) is 0 Å². The topological polar surface area (TPSA) is 74.5 Å². The van der Waals surface area contributed by atoms with E-state index >= 15 is 0 Å². The highest BCUT2D eigenvalue weighted by atomic mass is 32.2. The molecule has 0 atom stereocenters. The first-order valence-electron chi connectivity index (χ1n) is 9.37. The minimum atomic E-state index is -0.449. The Kier molecular flexibility index (Phi) is 6.11. The van der Waals surface area contributed by atoms with E-state index in [4.69, 9.17) is 10.00 Å². The van der Waals surface area contributed by atoms with Gasteiger partial charge in [0.05, 0.1) is 16.5 Å². The lowest BCUT2D eigenvalue weighted by atomic mass is 10.1. The van der Waals surface area contributed by atoms with Crippen LogP contribution in [0.25, 0.3) is 6.08 Å². The van der Waals surface area contributed by atoms with Crippen molar-refractivity contribution >= 4 is 34.6 Å². The van der Waals surface area contributed by atoms with Gasteiger partial charge in [0, 0.05) is 5.56 Å². The Hall–Kier alpha value is -3.89. The van der Waals surface area contributed by atoms with Crippen molar-refractivity contribution < 1.29 is 13.9 Å². The fourth-order valence-corrected chi connectivity index (χ4v) is 3.70. The fraction of sp³-hybridized carbons (Fsp3) is 0.0417. The van der Waals surface area contributed by atoms with Gasteiger partial charge in [-0.15, -0.1) is 0 Å². The Morgan fingerprint density at radius 3 is 2.58 bits per heavy atom. The third-order valence-electron chi connectivity index (χ3n) is 4.44. The third kappa shape index (κ3) is 5.00. The van der Waals surface area contributed by atoms with Crippen LogP contribution >= 0.6 is 11.8 Å². The molecule has 1 amide bonds.